The van der Waals surface area contributed by atoms with E-state index < -0.39 is 203 Å². The molecule has 0 radical (unpaired) electrons. The fourth-order valence-corrected chi connectivity index (χ4v) is 15.2. The molecule has 0 saturated heterocycles. The third-order valence-corrected chi connectivity index (χ3v) is 18.8. The standard InChI is InChI=1S/C66H42N30O2/c1-2-3-36-98-52(97)66(63(48-94,57(42-88,13-29-76)14-30-77)58(43-89,15-31-78)16-32-79,64(49-95,59(44-90,17-33-80)18-34-81)60(45-91,19-35-82)51(37-83)4-20-67)65(50-96,61(46-92,53(38-84,5-21-68)6-22-69)54(39-85,7-23-70)8-24-71)62(47-93,55(40-86,9-25-72)10-26-73)56(41-87,11-27-74)12-28-75/h51H,2-19,36H2,1H3. The van der Waals surface area contributed by atoms with Crippen LogP contribution in [0.25, 0.3) is 0 Å². The Balaban J connectivity index is 17.0. The summed E-state index contributed by atoms with van der Waals surface area (Å²) in [4.78, 5) is 19.0. The van der Waals surface area contributed by atoms with Gasteiger partial charge >= 0.3 is 5.97 Å². The molecule has 0 amide bonds. The fraction of sp³-hybridized carbons (Fsp3) is 0.530. The highest BCUT2D eigenvalue weighted by molar-refractivity contribution is 5.87. The Hall–Kier alpha value is -15.8. The van der Waals surface area contributed by atoms with Crippen LogP contribution in [0.4, 0.5) is 0 Å². The molecule has 0 spiro atoms. The molecule has 0 saturated carbocycles. The Morgan fingerprint density at radius 1 is 0.276 bits per heavy atom. The van der Waals surface area contributed by atoms with Crippen molar-refractivity contribution < 1.29 is 9.53 Å². The lowest BCUT2D eigenvalue weighted by atomic mass is 9.15. The van der Waals surface area contributed by atoms with Gasteiger partial charge in [0.05, 0.1) is 297 Å². The van der Waals surface area contributed by atoms with Crippen LogP contribution in [0.2, 0.25) is 0 Å². The predicted octanol–water partition coefficient (Wildman–Crippen LogP) is 7.70. The van der Waals surface area contributed by atoms with E-state index in [1.165, 1.54) is 189 Å². The first kappa shape index (κ1) is 82.2. The number of carbonyl (C=O) groups is 1. The number of esters is 1. The van der Waals surface area contributed by atoms with Gasteiger partial charge in [-0.15, -0.1) is 0 Å². The number of nitrogens with zero attached hydrogens (tertiary/aromatic N) is 30. The normalized spacial score (nSPS) is 13.1. The third-order valence-electron chi connectivity index (χ3n) is 18.8. The molecule has 0 aliphatic heterocycles. The molecule has 0 bridgehead atoms. The smallest absolute Gasteiger partial charge is 0.317 e. The second kappa shape index (κ2) is 33.8. The van der Waals surface area contributed by atoms with Gasteiger partial charge in [0.2, 0.25) is 0 Å². The average molecular weight is 1290 g/mol. The van der Waals surface area contributed by atoms with Crippen LogP contribution in [0.15, 0.2) is 0 Å². The van der Waals surface area contributed by atoms with Crippen molar-refractivity contribution in [3.05, 3.63) is 0 Å². The molecule has 98 heavy (non-hydrogen) atoms. The van der Waals surface area contributed by atoms with Crippen LogP contribution < -0.4 is 0 Å². The van der Waals surface area contributed by atoms with Gasteiger partial charge in [-0.1, -0.05) is 13.3 Å². The molecule has 0 rings (SSSR count). The quantitative estimate of drug-likeness (QED) is 0.0439. The van der Waals surface area contributed by atoms with Gasteiger partial charge in [-0.05, 0) is 6.42 Å². The van der Waals surface area contributed by atoms with E-state index in [0.29, 0.717) is 0 Å². The zero-order chi connectivity index (χ0) is 75.5. The summed E-state index contributed by atoms with van der Waals surface area (Å²) in [6, 6.07) is 40.4. The first-order valence-corrected chi connectivity index (χ1v) is 27.8. The van der Waals surface area contributed by atoms with Gasteiger partial charge in [0, 0.05) is 0 Å². The average Bonchev–Trinajstić information content (AvgIpc) is 0.608. The second-order valence-electron chi connectivity index (χ2n) is 22.1. The van der Waals surface area contributed by atoms with Crippen molar-refractivity contribution in [2.75, 3.05) is 6.61 Å². The molecule has 0 aromatic heterocycles. The number of hydrogen-bond donors (Lipinski definition) is 0. The van der Waals surface area contributed by atoms with Crippen molar-refractivity contribution in [2.24, 2.45) is 81.7 Å². The van der Waals surface area contributed by atoms with Gasteiger partial charge in [0.15, 0.2) is 0 Å². The van der Waals surface area contributed by atoms with Crippen LogP contribution in [-0.2, 0) is 9.53 Å². The Labute approximate surface area is 564 Å². The highest BCUT2D eigenvalue weighted by atomic mass is 16.5. The molecule has 0 fully saturated rings. The van der Waals surface area contributed by atoms with E-state index in [-0.39, 0.29) is 6.42 Å². The maximum atomic E-state index is 19.0. The summed E-state index contributed by atoms with van der Waals surface area (Å²) >= 11 is 0. The topological polar surface area (TPSA) is 740 Å². The van der Waals surface area contributed by atoms with E-state index in [0.717, 1.165) is 0 Å². The maximum Gasteiger partial charge on any atom is 0.317 e. The van der Waals surface area contributed by atoms with E-state index in [1.807, 2.05) is 0 Å². The molecule has 468 valence electrons. The predicted molar refractivity (Wildman–Crippen MR) is 306 cm³/mol. The van der Waals surface area contributed by atoms with Gasteiger partial charge in [0.1, 0.15) is 75.8 Å². The van der Waals surface area contributed by atoms with Crippen LogP contribution in [-0.4, -0.2) is 12.6 Å². The van der Waals surface area contributed by atoms with Crippen molar-refractivity contribution in [1.29, 1.82) is 158 Å². The first-order chi connectivity index (χ1) is 46.9. The van der Waals surface area contributed by atoms with Crippen molar-refractivity contribution in [3.63, 3.8) is 0 Å². The van der Waals surface area contributed by atoms with Gasteiger partial charge in [-0.25, -0.2) is 0 Å². The van der Waals surface area contributed by atoms with E-state index in [9.17, 15) is 158 Å². The minimum atomic E-state index is -6.28. The Bertz CT molecular complexity index is 4190. The number of hydrogen-bond acceptors (Lipinski definition) is 32. The fourth-order valence-electron chi connectivity index (χ4n) is 15.2. The van der Waals surface area contributed by atoms with Crippen LogP contribution in [0.3, 0.4) is 0 Å². The van der Waals surface area contributed by atoms with E-state index in [4.69, 9.17) is 4.74 Å². The van der Waals surface area contributed by atoms with E-state index in [1.54, 1.807) is 0 Å². The summed E-state index contributed by atoms with van der Waals surface area (Å²) in [7, 11) is 0. The lowest BCUT2D eigenvalue weighted by Crippen LogP contribution is -2.88. The summed E-state index contributed by atoms with van der Waals surface area (Å²) in [6.45, 7) is -0.276. The first-order valence-electron chi connectivity index (χ1n) is 27.8. The van der Waals surface area contributed by atoms with Crippen molar-refractivity contribution in [2.45, 2.75) is 122 Å². The summed E-state index contributed by atoms with van der Waals surface area (Å²) in [5.74, 6) is -6.53. The van der Waals surface area contributed by atoms with Crippen LogP contribution in [0, 0.1) is 422 Å². The molecule has 0 aliphatic carbocycles. The monoisotopic (exact) mass is 1290 g/mol. The number of unbranched alkanes of at least 4 members (excludes halogenated alkanes) is 1. The van der Waals surface area contributed by atoms with E-state index >= 15 is 4.79 Å². The maximum absolute atomic E-state index is 19.0. The van der Waals surface area contributed by atoms with Crippen molar-refractivity contribution in [3.8, 4) is 182 Å². The lowest BCUT2D eigenvalue weighted by Gasteiger charge is -2.77. The summed E-state index contributed by atoms with van der Waals surface area (Å²) in [5.41, 5.74) is -70.8. The molecule has 4 atom stereocenters. The number of nitriles is 30. The minimum Gasteiger partial charge on any atom is -0.465 e. The zero-order valence-electron chi connectivity index (χ0n) is 51.7. The summed E-state index contributed by atoms with van der Waals surface area (Å²) < 4.78 is 6.17. The molecule has 0 aromatic carbocycles. The zero-order valence-corrected chi connectivity index (χ0v) is 51.7. The number of carbonyl (C=O) groups excluding carboxylic acids is 1. The van der Waals surface area contributed by atoms with Gasteiger partial charge < -0.3 is 4.74 Å². The van der Waals surface area contributed by atoms with Gasteiger partial charge in [-0.2, -0.15) is 158 Å². The number of rotatable bonds is 34. The lowest BCUT2D eigenvalue weighted by molar-refractivity contribution is -0.330. The number of ether oxygens (including phenoxy) is 1. The van der Waals surface area contributed by atoms with Crippen molar-refractivity contribution in [1.82, 2.24) is 0 Å². The van der Waals surface area contributed by atoms with E-state index in [2.05, 4.69) is 0 Å². The molecule has 32 heteroatoms. The van der Waals surface area contributed by atoms with Gasteiger partial charge in [-0.3, -0.25) is 4.79 Å². The van der Waals surface area contributed by atoms with Crippen LogP contribution >= 0.6 is 0 Å². The molecule has 0 N–H and O–H groups in total. The molecule has 0 aromatic rings. The molecular formula is C66H42N30O2. The van der Waals surface area contributed by atoms with Crippen LogP contribution in [0.1, 0.15) is 122 Å². The molecule has 4 unspecified atom stereocenters. The third kappa shape index (κ3) is 10.2. The summed E-state index contributed by atoms with van der Waals surface area (Å²) in [6.07, 6.45) is -36.6. The highest BCUT2D eigenvalue weighted by Crippen LogP contribution is 2.92. The SMILES string of the molecule is CCCCOC(=O)C(C(C#N)(C(C#N)(CC#N)CC#N)C(C#N)(CC#N)CC#N)(C(C#N)(C(C#N)(CC#N)CC#N)C(C#N)(CC#N)C(C#N)CC#N)C(C#N)(C(C#N)(C(C#N)(CC#N)CC#N)C(C#N)(CC#N)CC#N)C(C#N)(C(C#N)(CC#N)CC#N)C(C#N)(CC#N)CC#N. The molecule has 0 heterocycles. The molecule has 0 aliphatic rings. The molecule has 32 nitrogen and oxygen atoms in total. The van der Waals surface area contributed by atoms with Crippen LogP contribution in [0.5, 0.6) is 0 Å². The molecular weight excluding hydrogens is 1240 g/mol. The minimum absolute atomic E-state index is 0.329. The van der Waals surface area contributed by atoms with Crippen molar-refractivity contribution >= 4 is 5.97 Å². The second-order valence-corrected chi connectivity index (χ2v) is 22.1. The van der Waals surface area contributed by atoms with Gasteiger partial charge in [0.25, 0.3) is 0 Å². The Kier molecular flexibility index (Phi) is 28.4. The summed E-state index contributed by atoms with van der Waals surface area (Å²) in [5, 5.41) is 365. The largest absolute Gasteiger partial charge is 0.465 e. The Morgan fingerprint density at radius 3 is 0.673 bits per heavy atom. The Morgan fingerprint density at radius 2 is 0.500 bits per heavy atom. The highest BCUT2D eigenvalue weighted by Gasteiger charge is 3.03.